The van der Waals surface area contributed by atoms with Crippen LogP contribution in [0.5, 0.6) is 11.5 Å². The van der Waals surface area contributed by atoms with Gasteiger partial charge in [0, 0.05) is 28.4 Å². The third-order valence-corrected chi connectivity index (χ3v) is 10.2. The van der Waals surface area contributed by atoms with Gasteiger partial charge in [-0.15, -0.1) is 0 Å². The summed E-state index contributed by atoms with van der Waals surface area (Å²) in [6, 6.07) is 15.6. The molecule has 0 aromatic heterocycles. The predicted molar refractivity (Wildman–Crippen MR) is 207 cm³/mol. The Morgan fingerprint density at radius 2 is 1.00 bits per heavy atom. The quantitative estimate of drug-likeness (QED) is 0.0583. The van der Waals surface area contributed by atoms with E-state index in [9.17, 15) is 9.59 Å². The molecule has 12 nitrogen and oxygen atoms in total. The minimum atomic E-state index is -0.619. The standard InChI is InChI=1S/C43H60O12/c1-7-39(44)54-37(23-46-19-21-48-27-42(9-3)29-50-30-42)25-52-35-15-11-33(12-16-35)41(5,6)34-13-17-36(18-14-34)53-26-38(55-40(45)8-2)24-47-20-22-49-28-43(10-4)31-51-32-43/h7-8,11-18,37-38H,1-2,9-10,19-32H2,3-6H3. The Morgan fingerprint density at radius 1 is 0.636 bits per heavy atom. The summed E-state index contributed by atoms with van der Waals surface area (Å²) < 4.78 is 56.7. The van der Waals surface area contributed by atoms with Gasteiger partial charge in [-0.05, 0) is 48.2 Å². The van der Waals surface area contributed by atoms with Crippen molar-refractivity contribution < 1.29 is 57.0 Å². The van der Waals surface area contributed by atoms with E-state index in [1.165, 1.54) is 0 Å². The molecule has 2 aromatic carbocycles. The van der Waals surface area contributed by atoms with Crippen LogP contribution in [0.25, 0.3) is 0 Å². The number of rotatable bonds is 28. The molecule has 2 unspecified atom stereocenters. The molecule has 0 amide bonds. The molecule has 2 fully saturated rings. The summed E-state index contributed by atoms with van der Waals surface area (Å²) in [4.78, 5) is 23.9. The summed E-state index contributed by atoms with van der Waals surface area (Å²) in [7, 11) is 0. The van der Waals surface area contributed by atoms with Crippen molar-refractivity contribution in [3.63, 3.8) is 0 Å². The molecular formula is C43H60O12. The lowest BCUT2D eigenvalue weighted by atomic mass is 9.78. The van der Waals surface area contributed by atoms with Gasteiger partial charge in [0.2, 0.25) is 0 Å². The topological polar surface area (TPSA) is 126 Å². The average molecular weight is 769 g/mol. The van der Waals surface area contributed by atoms with Crippen molar-refractivity contribution in [2.75, 3.05) is 92.5 Å². The van der Waals surface area contributed by atoms with Gasteiger partial charge < -0.3 is 47.4 Å². The lowest BCUT2D eigenvalue weighted by molar-refractivity contribution is -0.156. The van der Waals surface area contributed by atoms with Crippen LogP contribution in [0.3, 0.4) is 0 Å². The van der Waals surface area contributed by atoms with Gasteiger partial charge in [-0.25, -0.2) is 9.59 Å². The monoisotopic (exact) mass is 768 g/mol. The zero-order valence-corrected chi connectivity index (χ0v) is 33.1. The fraction of sp³-hybridized carbons (Fsp3) is 0.581. The lowest BCUT2D eigenvalue weighted by Crippen LogP contribution is -2.45. The molecule has 2 heterocycles. The first kappa shape index (κ1) is 43.9. The maximum absolute atomic E-state index is 12.0. The van der Waals surface area contributed by atoms with Gasteiger partial charge in [-0.1, -0.05) is 65.1 Å². The summed E-state index contributed by atoms with van der Waals surface area (Å²) in [5.41, 5.74) is 2.06. The number of hydrogen-bond acceptors (Lipinski definition) is 12. The number of hydrogen-bond donors (Lipinski definition) is 0. The summed E-state index contributed by atoms with van der Waals surface area (Å²) in [6.45, 7) is 21.9. The van der Waals surface area contributed by atoms with Crippen LogP contribution < -0.4 is 9.47 Å². The summed E-state index contributed by atoms with van der Waals surface area (Å²) in [5.74, 6) is 0.185. The minimum Gasteiger partial charge on any atom is -0.490 e. The number of carbonyl (C=O) groups excluding carboxylic acids is 2. The van der Waals surface area contributed by atoms with E-state index in [1.807, 2.05) is 48.5 Å². The van der Waals surface area contributed by atoms with Crippen molar-refractivity contribution in [1.29, 1.82) is 0 Å². The van der Waals surface area contributed by atoms with E-state index in [4.69, 9.17) is 47.4 Å². The van der Waals surface area contributed by atoms with Gasteiger partial charge in [0.15, 0.2) is 12.2 Å². The van der Waals surface area contributed by atoms with E-state index < -0.39 is 24.1 Å². The molecule has 2 aliphatic heterocycles. The van der Waals surface area contributed by atoms with Crippen LogP contribution in [-0.4, -0.2) is 117 Å². The van der Waals surface area contributed by atoms with E-state index in [0.717, 1.165) is 62.5 Å². The number of esters is 2. The highest BCUT2D eigenvalue weighted by atomic mass is 16.6. The van der Waals surface area contributed by atoms with Crippen LogP contribution in [-0.2, 0) is 52.9 Å². The fourth-order valence-electron chi connectivity index (χ4n) is 5.94. The molecule has 0 saturated carbocycles. The number of ether oxygens (including phenoxy) is 10. The summed E-state index contributed by atoms with van der Waals surface area (Å²) >= 11 is 0. The lowest BCUT2D eigenvalue weighted by Gasteiger charge is -2.40. The largest absolute Gasteiger partial charge is 0.490 e. The van der Waals surface area contributed by atoms with Crippen LogP contribution in [0.2, 0.25) is 0 Å². The molecule has 0 aliphatic carbocycles. The van der Waals surface area contributed by atoms with E-state index in [1.54, 1.807) is 0 Å². The number of carbonyl (C=O) groups is 2. The first-order valence-electron chi connectivity index (χ1n) is 19.1. The smallest absolute Gasteiger partial charge is 0.330 e. The molecule has 2 atom stereocenters. The van der Waals surface area contributed by atoms with Crippen LogP contribution >= 0.6 is 0 Å². The highest BCUT2D eigenvalue weighted by Gasteiger charge is 2.37. The molecule has 0 spiro atoms. The Balaban J connectivity index is 1.21. The van der Waals surface area contributed by atoms with Gasteiger partial charge in [-0.2, -0.15) is 0 Å². The SMILES string of the molecule is C=CC(=O)OC(COCCOCC1(CC)COC1)COc1ccc(C(C)(C)c2ccc(OCC(COCCOCC3(CC)COC3)OC(=O)C=C)cc2)cc1. The molecular weight excluding hydrogens is 708 g/mol. The fourth-order valence-corrected chi connectivity index (χ4v) is 5.94. The first-order chi connectivity index (χ1) is 26.6. The normalized spacial score (nSPS) is 16.8. The van der Waals surface area contributed by atoms with Gasteiger partial charge >= 0.3 is 11.9 Å². The molecule has 0 N–H and O–H groups in total. The van der Waals surface area contributed by atoms with Crippen LogP contribution in [0.1, 0.15) is 51.7 Å². The zero-order chi connectivity index (χ0) is 39.6. The number of benzene rings is 2. The van der Waals surface area contributed by atoms with Gasteiger partial charge in [0.1, 0.15) is 24.7 Å². The zero-order valence-electron chi connectivity index (χ0n) is 33.1. The molecule has 2 aromatic rings. The summed E-state index contributed by atoms with van der Waals surface area (Å²) in [6.07, 6.45) is 3.03. The van der Waals surface area contributed by atoms with Gasteiger partial charge in [0.05, 0.1) is 79.3 Å². The van der Waals surface area contributed by atoms with E-state index in [-0.39, 0.29) is 42.7 Å². The Morgan fingerprint density at radius 3 is 1.31 bits per heavy atom. The van der Waals surface area contributed by atoms with Crippen molar-refractivity contribution in [3.8, 4) is 11.5 Å². The molecule has 0 radical (unpaired) electrons. The maximum atomic E-state index is 12.0. The Bertz CT molecular complexity index is 1340. The summed E-state index contributed by atoms with van der Waals surface area (Å²) in [5, 5.41) is 0. The van der Waals surface area contributed by atoms with Crippen molar-refractivity contribution in [1.82, 2.24) is 0 Å². The van der Waals surface area contributed by atoms with E-state index >= 15 is 0 Å². The first-order valence-corrected chi connectivity index (χ1v) is 19.1. The second kappa shape index (κ2) is 22.1. The molecule has 2 aliphatic rings. The molecule has 4 rings (SSSR count). The average Bonchev–Trinajstić information content (AvgIpc) is 3.17. The molecule has 2 saturated heterocycles. The van der Waals surface area contributed by atoms with Crippen molar-refractivity contribution in [3.05, 3.63) is 85.0 Å². The Kier molecular flexibility index (Phi) is 17.6. The third-order valence-electron chi connectivity index (χ3n) is 10.2. The van der Waals surface area contributed by atoms with Crippen LogP contribution in [0.15, 0.2) is 73.8 Å². The third kappa shape index (κ3) is 13.7. The van der Waals surface area contributed by atoms with E-state index in [2.05, 4.69) is 40.9 Å². The molecule has 12 heteroatoms. The maximum Gasteiger partial charge on any atom is 0.330 e. The molecule has 304 valence electrons. The molecule has 55 heavy (non-hydrogen) atoms. The van der Waals surface area contributed by atoms with Crippen molar-refractivity contribution in [2.24, 2.45) is 10.8 Å². The minimum absolute atomic E-state index is 0.116. The molecule has 0 bridgehead atoms. The van der Waals surface area contributed by atoms with Crippen molar-refractivity contribution in [2.45, 2.75) is 58.2 Å². The van der Waals surface area contributed by atoms with E-state index in [0.29, 0.717) is 51.1 Å². The highest BCUT2D eigenvalue weighted by molar-refractivity contribution is 5.81. The second-order valence-corrected chi connectivity index (χ2v) is 14.8. The van der Waals surface area contributed by atoms with Crippen molar-refractivity contribution >= 4 is 11.9 Å². The van der Waals surface area contributed by atoms with Gasteiger partial charge in [-0.3, -0.25) is 0 Å². The predicted octanol–water partition coefficient (Wildman–Crippen LogP) is 5.89. The van der Waals surface area contributed by atoms with Gasteiger partial charge in [0.25, 0.3) is 0 Å². The second-order valence-electron chi connectivity index (χ2n) is 14.8. The highest BCUT2D eigenvalue weighted by Crippen LogP contribution is 2.34. The van der Waals surface area contributed by atoms with Crippen LogP contribution in [0.4, 0.5) is 0 Å². The van der Waals surface area contributed by atoms with Crippen LogP contribution in [0, 0.1) is 10.8 Å². The Hall–Kier alpha value is -3.78. The Labute approximate surface area is 326 Å².